The Balaban J connectivity index is 3.04. The first-order chi connectivity index (χ1) is 7.41. The second-order valence-electron chi connectivity index (χ2n) is 3.39. The molecule has 2 aromatic rings. The Morgan fingerprint density at radius 2 is 1.88 bits per heavy atom. The molecule has 0 radical (unpaired) electrons. The van der Waals surface area contributed by atoms with Gasteiger partial charge in [-0.15, -0.1) is 0 Å². The van der Waals surface area contributed by atoms with E-state index < -0.39 is 19.4 Å². The van der Waals surface area contributed by atoms with Crippen LogP contribution in [0.5, 0.6) is 0 Å². The first kappa shape index (κ1) is 11.2. The Kier molecular flexibility index (Phi) is 2.52. The molecular formula is C10H8ClNO3S. The molecule has 0 aliphatic carbocycles. The Bertz CT molecular complexity index is 718. The van der Waals surface area contributed by atoms with E-state index in [0.717, 1.165) is 0 Å². The number of pyridine rings is 1. The third-order valence-corrected chi connectivity index (χ3v) is 3.64. The summed E-state index contributed by atoms with van der Waals surface area (Å²) in [5, 5.41) is 0.340. The van der Waals surface area contributed by atoms with Gasteiger partial charge in [-0.2, -0.15) is 0 Å². The highest BCUT2D eigenvalue weighted by Gasteiger charge is 2.17. The number of hydrogen-bond donors (Lipinski definition) is 0. The smallest absolute Gasteiger partial charge is 0.266 e. The minimum absolute atomic E-state index is 0.340. The van der Waals surface area contributed by atoms with Crippen molar-refractivity contribution in [2.75, 3.05) is 0 Å². The van der Waals surface area contributed by atoms with Crippen LogP contribution in [0, 0.1) is 0 Å². The second kappa shape index (κ2) is 3.61. The predicted octanol–water partition coefficient (Wildman–Crippen LogP) is 1.47. The lowest BCUT2D eigenvalue weighted by Crippen LogP contribution is -2.14. The van der Waals surface area contributed by atoms with Gasteiger partial charge >= 0.3 is 0 Å². The fourth-order valence-corrected chi connectivity index (χ4v) is 2.53. The summed E-state index contributed by atoms with van der Waals surface area (Å²) >= 11 is 0. The summed E-state index contributed by atoms with van der Waals surface area (Å²) in [6, 6.07) is 6.76. The van der Waals surface area contributed by atoms with E-state index >= 15 is 0 Å². The topological polar surface area (TPSA) is 56.1 Å². The maximum absolute atomic E-state index is 11.9. The SMILES string of the molecule is Cn1cc(S(=O)(=O)Cl)c(=O)c2ccccc21. The van der Waals surface area contributed by atoms with Crippen LogP contribution in [0.1, 0.15) is 0 Å². The van der Waals surface area contributed by atoms with E-state index in [9.17, 15) is 13.2 Å². The molecule has 0 aliphatic heterocycles. The lowest BCUT2D eigenvalue weighted by molar-refractivity contribution is 0.608. The molecule has 0 unspecified atom stereocenters. The molecule has 0 amide bonds. The summed E-state index contributed by atoms with van der Waals surface area (Å²) in [5.74, 6) is 0. The van der Waals surface area contributed by atoms with Crippen LogP contribution in [0.2, 0.25) is 0 Å². The van der Waals surface area contributed by atoms with Crippen LogP contribution in [-0.4, -0.2) is 13.0 Å². The molecule has 0 bridgehead atoms. The molecule has 0 atom stereocenters. The summed E-state index contributed by atoms with van der Waals surface area (Å²) in [6.45, 7) is 0. The summed E-state index contributed by atoms with van der Waals surface area (Å²) in [5.41, 5.74) is 0.0975. The number of fused-ring (bicyclic) bond motifs is 1. The molecular weight excluding hydrogens is 250 g/mol. The number of rotatable bonds is 1. The molecule has 1 heterocycles. The number of halogens is 1. The lowest BCUT2D eigenvalue weighted by atomic mass is 10.2. The normalized spacial score (nSPS) is 11.9. The number of aromatic nitrogens is 1. The highest BCUT2D eigenvalue weighted by molar-refractivity contribution is 8.13. The quantitative estimate of drug-likeness (QED) is 0.727. The molecule has 1 aromatic heterocycles. The largest absolute Gasteiger partial charge is 0.349 e. The van der Waals surface area contributed by atoms with Crippen LogP contribution in [-0.2, 0) is 16.1 Å². The van der Waals surface area contributed by atoms with Crippen LogP contribution in [0.15, 0.2) is 40.2 Å². The second-order valence-corrected chi connectivity index (χ2v) is 5.92. The third kappa shape index (κ3) is 1.72. The zero-order valence-corrected chi connectivity index (χ0v) is 9.92. The lowest BCUT2D eigenvalue weighted by Gasteiger charge is -2.06. The molecule has 1 aromatic carbocycles. The molecule has 2 rings (SSSR count). The van der Waals surface area contributed by atoms with Crippen LogP contribution < -0.4 is 5.43 Å². The fraction of sp³-hybridized carbons (Fsp3) is 0.100. The Morgan fingerprint density at radius 1 is 1.25 bits per heavy atom. The third-order valence-electron chi connectivity index (χ3n) is 2.33. The van der Waals surface area contributed by atoms with Crippen molar-refractivity contribution >= 4 is 30.6 Å². The van der Waals surface area contributed by atoms with E-state index in [-0.39, 0.29) is 0 Å². The zero-order chi connectivity index (χ0) is 11.9. The Labute approximate surface area is 96.5 Å². The summed E-state index contributed by atoms with van der Waals surface area (Å²) in [6.07, 6.45) is 1.23. The van der Waals surface area contributed by atoms with Gasteiger partial charge in [-0.1, -0.05) is 12.1 Å². The van der Waals surface area contributed by atoms with Crippen molar-refractivity contribution in [2.45, 2.75) is 4.90 Å². The standard InChI is InChI=1S/C10H8ClNO3S/c1-12-6-9(16(11,14)15)10(13)7-4-2-3-5-8(7)12/h2-6H,1H3. The zero-order valence-electron chi connectivity index (χ0n) is 8.34. The summed E-state index contributed by atoms with van der Waals surface area (Å²) in [7, 11) is 2.85. The Morgan fingerprint density at radius 3 is 2.50 bits per heavy atom. The van der Waals surface area contributed by atoms with E-state index in [0.29, 0.717) is 10.9 Å². The number of hydrogen-bond acceptors (Lipinski definition) is 3. The molecule has 84 valence electrons. The average molecular weight is 258 g/mol. The number of benzene rings is 1. The molecule has 0 saturated heterocycles. The van der Waals surface area contributed by atoms with Gasteiger partial charge in [-0.3, -0.25) is 4.79 Å². The predicted molar refractivity (Wildman–Crippen MR) is 62.2 cm³/mol. The molecule has 0 saturated carbocycles. The maximum Gasteiger partial charge on any atom is 0.266 e. The maximum atomic E-state index is 11.9. The van der Waals surface area contributed by atoms with Crippen molar-refractivity contribution in [1.29, 1.82) is 0 Å². The first-order valence-electron chi connectivity index (χ1n) is 4.44. The van der Waals surface area contributed by atoms with Crippen molar-refractivity contribution in [3.63, 3.8) is 0 Å². The molecule has 0 fully saturated rings. The van der Waals surface area contributed by atoms with Crippen molar-refractivity contribution in [2.24, 2.45) is 7.05 Å². The van der Waals surface area contributed by atoms with Crippen LogP contribution in [0.4, 0.5) is 0 Å². The van der Waals surface area contributed by atoms with Gasteiger partial charge in [0.05, 0.1) is 5.52 Å². The number of para-hydroxylation sites is 1. The van der Waals surface area contributed by atoms with E-state index in [1.165, 1.54) is 6.20 Å². The molecule has 0 N–H and O–H groups in total. The van der Waals surface area contributed by atoms with Gasteiger partial charge < -0.3 is 4.57 Å². The van der Waals surface area contributed by atoms with E-state index in [2.05, 4.69) is 0 Å². The number of aryl methyl sites for hydroxylation is 1. The van der Waals surface area contributed by atoms with Gasteiger partial charge in [-0.25, -0.2) is 8.42 Å². The molecule has 0 aliphatic rings. The van der Waals surface area contributed by atoms with Crippen LogP contribution in [0.3, 0.4) is 0 Å². The molecule has 4 nitrogen and oxygen atoms in total. The van der Waals surface area contributed by atoms with Gasteiger partial charge in [0.15, 0.2) is 0 Å². The van der Waals surface area contributed by atoms with Crippen LogP contribution >= 0.6 is 10.7 Å². The summed E-state index contributed by atoms with van der Waals surface area (Å²) < 4.78 is 24.0. The highest BCUT2D eigenvalue weighted by atomic mass is 35.7. The van der Waals surface area contributed by atoms with E-state index in [1.54, 1.807) is 35.9 Å². The minimum atomic E-state index is -4.01. The van der Waals surface area contributed by atoms with Crippen molar-refractivity contribution < 1.29 is 8.42 Å². The summed E-state index contributed by atoms with van der Waals surface area (Å²) in [4.78, 5) is 11.5. The molecule has 16 heavy (non-hydrogen) atoms. The highest BCUT2D eigenvalue weighted by Crippen LogP contribution is 2.15. The van der Waals surface area contributed by atoms with E-state index in [1.807, 2.05) is 0 Å². The van der Waals surface area contributed by atoms with Gasteiger partial charge in [0, 0.05) is 29.3 Å². The van der Waals surface area contributed by atoms with Crippen molar-refractivity contribution in [3.05, 3.63) is 40.7 Å². The van der Waals surface area contributed by atoms with Gasteiger partial charge in [0.25, 0.3) is 9.05 Å². The van der Waals surface area contributed by atoms with Crippen LogP contribution in [0.25, 0.3) is 10.9 Å². The Hall–Kier alpha value is -1.33. The van der Waals surface area contributed by atoms with Gasteiger partial charge in [0.1, 0.15) is 4.90 Å². The van der Waals surface area contributed by atoms with E-state index in [4.69, 9.17) is 10.7 Å². The molecule has 6 heteroatoms. The molecule has 0 spiro atoms. The van der Waals surface area contributed by atoms with Crippen molar-refractivity contribution in [1.82, 2.24) is 4.57 Å². The van der Waals surface area contributed by atoms with Gasteiger partial charge in [0.2, 0.25) is 5.43 Å². The average Bonchev–Trinajstić information content (AvgIpc) is 2.22. The monoisotopic (exact) mass is 257 g/mol. The number of nitrogens with zero attached hydrogens (tertiary/aromatic N) is 1. The first-order valence-corrected chi connectivity index (χ1v) is 6.75. The van der Waals surface area contributed by atoms with Crippen molar-refractivity contribution in [3.8, 4) is 0 Å². The minimum Gasteiger partial charge on any atom is -0.349 e. The fourth-order valence-electron chi connectivity index (χ4n) is 1.58. The van der Waals surface area contributed by atoms with Gasteiger partial charge in [-0.05, 0) is 12.1 Å².